The maximum Gasteiger partial charge on any atom is 0.123 e. The molecular weight excluding hydrogens is 250 g/mol. The van der Waals surface area contributed by atoms with Crippen LogP contribution < -0.4 is 14.8 Å². The van der Waals surface area contributed by atoms with Crippen molar-refractivity contribution in [1.82, 2.24) is 5.32 Å². The SMILES string of the molecule is CCCCC(CC)NC(C)c1cc(OC)ccc1OC. The third kappa shape index (κ3) is 4.71. The van der Waals surface area contributed by atoms with Gasteiger partial charge in [-0.25, -0.2) is 0 Å². The molecule has 0 saturated heterocycles. The fourth-order valence-corrected chi connectivity index (χ4v) is 2.48. The zero-order valence-electron chi connectivity index (χ0n) is 13.5. The monoisotopic (exact) mass is 279 g/mol. The maximum absolute atomic E-state index is 5.47. The number of ether oxygens (including phenoxy) is 2. The second-order valence-electron chi connectivity index (χ2n) is 5.24. The van der Waals surface area contributed by atoms with E-state index in [9.17, 15) is 0 Å². The number of benzene rings is 1. The van der Waals surface area contributed by atoms with E-state index >= 15 is 0 Å². The van der Waals surface area contributed by atoms with Crippen molar-refractivity contribution in [3.05, 3.63) is 23.8 Å². The third-order valence-corrected chi connectivity index (χ3v) is 3.79. The predicted octanol–water partition coefficient (Wildman–Crippen LogP) is 4.32. The van der Waals surface area contributed by atoms with Gasteiger partial charge in [-0.15, -0.1) is 0 Å². The summed E-state index contributed by atoms with van der Waals surface area (Å²) in [5.74, 6) is 1.78. The Kier molecular flexibility index (Phi) is 7.45. The minimum Gasteiger partial charge on any atom is -0.497 e. The van der Waals surface area contributed by atoms with Gasteiger partial charge in [0.2, 0.25) is 0 Å². The number of hydrogen-bond donors (Lipinski definition) is 1. The van der Waals surface area contributed by atoms with Gasteiger partial charge in [-0.05, 0) is 38.0 Å². The van der Waals surface area contributed by atoms with Crippen molar-refractivity contribution in [3.63, 3.8) is 0 Å². The Bertz CT molecular complexity index is 393. The quantitative estimate of drug-likeness (QED) is 0.730. The second-order valence-corrected chi connectivity index (χ2v) is 5.24. The Labute approximate surface area is 123 Å². The van der Waals surface area contributed by atoms with Crippen LogP contribution in [-0.2, 0) is 0 Å². The first-order valence-electron chi connectivity index (χ1n) is 7.64. The van der Waals surface area contributed by atoms with Crippen LogP contribution in [0.25, 0.3) is 0 Å². The summed E-state index contributed by atoms with van der Waals surface area (Å²) in [6.45, 7) is 6.66. The Hall–Kier alpha value is -1.22. The van der Waals surface area contributed by atoms with Gasteiger partial charge in [-0.3, -0.25) is 0 Å². The van der Waals surface area contributed by atoms with E-state index in [-0.39, 0.29) is 6.04 Å². The molecule has 114 valence electrons. The van der Waals surface area contributed by atoms with Crippen LogP contribution in [0.15, 0.2) is 18.2 Å². The smallest absolute Gasteiger partial charge is 0.123 e. The van der Waals surface area contributed by atoms with Crippen LogP contribution in [0, 0.1) is 0 Å². The van der Waals surface area contributed by atoms with Crippen molar-refractivity contribution < 1.29 is 9.47 Å². The van der Waals surface area contributed by atoms with Crippen LogP contribution in [0.4, 0.5) is 0 Å². The van der Waals surface area contributed by atoms with Crippen molar-refractivity contribution in [1.29, 1.82) is 0 Å². The lowest BCUT2D eigenvalue weighted by atomic mass is 10.0. The lowest BCUT2D eigenvalue weighted by Crippen LogP contribution is -2.31. The van der Waals surface area contributed by atoms with Crippen LogP contribution in [-0.4, -0.2) is 20.3 Å². The van der Waals surface area contributed by atoms with Gasteiger partial charge in [0.15, 0.2) is 0 Å². The van der Waals surface area contributed by atoms with E-state index in [0.717, 1.165) is 23.5 Å². The highest BCUT2D eigenvalue weighted by atomic mass is 16.5. The van der Waals surface area contributed by atoms with Crippen LogP contribution in [0.2, 0.25) is 0 Å². The fraction of sp³-hybridized carbons (Fsp3) is 0.647. The van der Waals surface area contributed by atoms with E-state index in [4.69, 9.17) is 9.47 Å². The Balaban J connectivity index is 2.81. The first-order chi connectivity index (χ1) is 9.65. The lowest BCUT2D eigenvalue weighted by Gasteiger charge is -2.24. The molecule has 0 saturated carbocycles. The Morgan fingerprint density at radius 2 is 1.90 bits per heavy atom. The van der Waals surface area contributed by atoms with Gasteiger partial charge in [0.25, 0.3) is 0 Å². The number of hydrogen-bond acceptors (Lipinski definition) is 3. The molecular formula is C17H29NO2. The highest BCUT2D eigenvalue weighted by Gasteiger charge is 2.16. The molecule has 0 aliphatic heterocycles. The Morgan fingerprint density at radius 3 is 2.45 bits per heavy atom. The number of unbranched alkanes of at least 4 members (excludes halogenated alkanes) is 1. The van der Waals surface area contributed by atoms with E-state index in [1.165, 1.54) is 19.3 Å². The highest BCUT2D eigenvalue weighted by Crippen LogP contribution is 2.29. The molecule has 1 aromatic rings. The zero-order valence-corrected chi connectivity index (χ0v) is 13.5. The van der Waals surface area contributed by atoms with Gasteiger partial charge in [-0.1, -0.05) is 26.7 Å². The number of rotatable bonds is 9. The van der Waals surface area contributed by atoms with E-state index in [1.54, 1.807) is 14.2 Å². The minimum absolute atomic E-state index is 0.252. The molecule has 0 spiro atoms. The summed E-state index contributed by atoms with van der Waals surface area (Å²) in [6.07, 6.45) is 4.89. The van der Waals surface area contributed by atoms with Crippen molar-refractivity contribution in [3.8, 4) is 11.5 Å². The summed E-state index contributed by atoms with van der Waals surface area (Å²) >= 11 is 0. The number of methoxy groups -OCH3 is 2. The summed E-state index contributed by atoms with van der Waals surface area (Å²) in [4.78, 5) is 0. The summed E-state index contributed by atoms with van der Waals surface area (Å²) in [5.41, 5.74) is 1.15. The summed E-state index contributed by atoms with van der Waals surface area (Å²) in [7, 11) is 3.41. The molecule has 0 heterocycles. The first kappa shape index (κ1) is 16.8. The molecule has 0 aromatic heterocycles. The van der Waals surface area contributed by atoms with Crippen molar-refractivity contribution in [2.75, 3.05) is 14.2 Å². The van der Waals surface area contributed by atoms with Crippen LogP contribution in [0.5, 0.6) is 11.5 Å². The topological polar surface area (TPSA) is 30.5 Å². The molecule has 0 bridgehead atoms. The van der Waals surface area contributed by atoms with Crippen molar-refractivity contribution in [2.45, 2.75) is 58.5 Å². The third-order valence-electron chi connectivity index (χ3n) is 3.79. The summed E-state index contributed by atoms with van der Waals surface area (Å²) in [6, 6.07) is 6.77. The zero-order chi connectivity index (χ0) is 15.0. The van der Waals surface area contributed by atoms with Crippen LogP contribution >= 0.6 is 0 Å². The molecule has 0 aliphatic carbocycles. The largest absolute Gasteiger partial charge is 0.497 e. The minimum atomic E-state index is 0.252. The van der Waals surface area contributed by atoms with E-state index in [1.807, 2.05) is 12.1 Å². The molecule has 1 aromatic carbocycles. The summed E-state index contributed by atoms with van der Waals surface area (Å²) in [5, 5.41) is 3.71. The molecule has 2 atom stereocenters. The molecule has 0 aliphatic rings. The summed E-state index contributed by atoms with van der Waals surface area (Å²) < 4.78 is 10.8. The van der Waals surface area contributed by atoms with Gasteiger partial charge in [-0.2, -0.15) is 0 Å². The number of nitrogens with one attached hydrogen (secondary N) is 1. The second kappa shape index (κ2) is 8.85. The molecule has 0 radical (unpaired) electrons. The average Bonchev–Trinajstić information content (AvgIpc) is 2.50. The van der Waals surface area contributed by atoms with E-state index in [2.05, 4.69) is 32.2 Å². The van der Waals surface area contributed by atoms with E-state index in [0.29, 0.717) is 6.04 Å². The van der Waals surface area contributed by atoms with Crippen LogP contribution in [0.1, 0.15) is 58.1 Å². The van der Waals surface area contributed by atoms with Gasteiger partial charge in [0.1, 0.15) is 11.5 Å². The van der Waals surface area contributed by atoms with Gasteiger partial charge in [0, 0.05) is 17.6 Å². The highest BCUT2D eigenvalue weighted by molar-refractivity contribution is 5.42. The molecule has 1 rings (SSSR count). The molecule has 3 heteroatoms. The molecule has 0 amide bonds. The first-order valence-corrected chi connectivity index (χ1v) is 7.64. The molecule has 2 unspecified atom stereocenters. The standard InChI is InChI=1S/C17H29NO2/c1-6-8-9-14(7-2)18-13(3)16-12-15(19-4)10-11-17(16)20-5/h10-14,18H,6-9H2,1-5H3. The normalized spacial score (nSPS) is 13.8. The molecule has 20 heavy (non-hydrogen) atoms. The van der Waals surface area contributed by atoms with Crippen molar-refractivity contribution in [2.24, 2.45) is 0 Å². The fourth-order valence-electron chi connectivity index (χ4n) is 2.48. The van der Waals surface area contributed by atoms with Gasteiger partial charge >= 0.3 is 0 Å². The molecule has 1 N–H and O–H groups in total. The van der Waals surface area contributed by atoms with Crippen molar-refractivity contribution >= 4 is 0 Å². The van der Waals surface area contributed by atoms with Crippen LogP contribution in [0.3, 0.4) is 0 Å². The molecule has 0 fully saturated rings. The van der Waals surface area contributed by atoms with Gasteiger partial charge < -0.3 is 14.8 Å². The predicted molar refractivity (Wildman–Crippen MR) is 84.7 cm³/mol. The average molecular weight is 279 g/mol. The molecule has 3 nitrogen and oxygen atoms in total. The Morgan fingerprint density at radius 1 is 1.15 bits per heavy atom. The maximum atomic E-state index is 5.47. The lowest BCUT2D eigenvalue weighted by molar-refractivity contribution is 0.374. The van der Waals surface area contributed by atoms with Gasteiger partial charge in [0.05, 0.1) is 14.2 Å². The van der Waals surface area contributed by atoms with E-state index < -0.39 is 0 Å².